The highest BCUT2D eigenvalue weighted by molar-refractivity contribution is 7.95. The molecule has 0 saturated carbocycles. The summed E-state index contributed by atoms with van der Waals surface area (Å²) in [5.74, 6) is -0.436. The van der Waals surface area contributed by atoms with Crippen molar-refractivity contribution < 1.29 is 12.8 Å². The van der Waals surface area contributed by atoms with Gasteiger partial charge in [0.05, 0.1) is 9.80 Å². The lowest BCUT2D eigenvalue weighted by Crippen LogP contribution is -2.41. The Kier molecular flexibility index (Phi) is 3.58. The van der Waals surface area contributed by atoms with Crippen LogP contribution in [0.5, 0.6) is 0 Å². The minimum absolute atomic E-state index is 0.154. The van der Waals surface area contributed by atoms with Crippen LogP contribution in [0.1, 0.15) is 24.0 Å². The molecule has 24 heavy (non-hydrogen) atoms. The average molecular weight is 343 g/mol. The SMILES string of the molecule is O=S(=O)(C1=Cc2ccccc2C12CCNCC2)c1ccc(F)cc1. The first-order valence-corrected chi connectivity index (χ1v) is 9.55. The van der Waals surface area contributed by atoms with Crippen molar-refractivity contribution in [3.8, 4) is 0 Å². The van der Waals surface area contributed by atoms with Crippen molar-refractivity contribution in [2.24, 2.45) is 0 Å². The third-order valence-corrected chi connectivity index (χ3v) is 7.09. The number of hydrogen-bond donors (Lipinski definition) is 1. The van der Waals surface area contributed by atoms with Gasteiger partial charge in [0, 0.05) is 5.41 Å². The quantitative estimate of drug-likeness (QED) is 0.851. The number of fused-ring (bicyclic) bond motifs is 2. The molecule has 1 saturated heterocycles. The number of nitrogens with one attached hydrogen (secondary N) is 1. The highest BCUT2D eigenvalue weighted by Crippen LogP contribution is 2.51. The van der Waals surface area contributed by atoms with E-state index in [-0.39, 0.29) is 4.90 Å². The van der Waals surface area contributed by atoms with Gasteiger partial charge in [0.2, 0.25) is 9.84 Å². The molecule has 0 bridgehead atoms. The molecule has 0 atom stereocenters. The van der Waals surface area contributed by atoms with Gasteiger partial charge < -0.3 is 5.32 Å². The molecule has 0 amide bonds. The number of piperidine rings is 1. The predicted octanol–water partition coefficient (Wildman–Crippen LogP) is 3.28. The van der Waals surface area contributed by atoms with Gasteiger partial charge in [0.15, 0.2) is 0 Å². The summed E-state index contributed by atoms with van der Waals surface area (Å²) >= 11 is 0. The minimum Gasteiger partial charge on any atom is -0.317 e. The zero-order valence-electron chi connectivity index (χ0n) is 13.1. The van der Waals surface area contributed by atoms with Crippen molar-refractivity contribution in [1.29, 1.82) is 0 Å². The highest BCUT2D eigenvalue weighted by atomic mass is 32.2. The van der Waals surface area contributed by atoms with Gasteiger partial charge in [0.1, 0.15) is 5.82 Å². The summed E-state index contributed by atoms with van der Waals surface area (Å²) in [4.78, 5) is 0.602. The maximum atomic E-state index is 13.3. The molecule has 0 aromatic heterocycles. The van der Waals surface area contributed by atoms with Crippen molar-refractivity contribution in [2.75, 3.05) is 13.1 Å². The van der Waals surface area contributed by atoms with E-state index in [1.54, 1.807) is 6.08 Å². The summed E-state index contributed by atoms with van der Waals surface area (Å²) in [6.07, 6.45) is 3.30. The van der Waals surface area contributed by atoms with Gasteiger partial charge in [-0.15, -0.1) is 0 Å². The molecule has 2 aromatic rings. The minimum atomic E-state index is -3.66. The number of halogens is 1. The Morgan fingerprint density at radius 1 is 0.958 bits per heavy atom. The van der Waals surface area contributed by atoms with E-state index in [0.717, 1.165) is 37.1 Å². The monoisotopic (exact) mass is 343 g/mol. The van der Waals surface area contributed by atoms with Gasteiger partial charge in [0.25, 0.3) is 0 Å². The Morgan fingerprint density at radius 2 is 1.62 bits per heavy atom. The first-order chi connectivity index (χ1) is 11.5. The first-order valence-electron chi connectivity index (χ1n) is 8.07. The smallest absolute Gasteiger partial charge is 0.203 e. The summed E-state index contributed by atoms with van der Waals surface area (Å²) < 4.78 is 39.8. The second-order valence-electron chi connectivity index (χ2n) is 6.39. The van der Waals surface area contributed by atoms with Gasteiger partial charge in [-0.3, -0.25) is 0 Å². The molecule has 1 aliphatic heterocycles. The Morgan fingerprint density at radius 3 is 2.33 bits per heavy atom. The lowest BCUT2D eigenvalue weighted by molar-refractivity contribution is 0.370. The van der Waals surface area contributed by atoms with Crippen LogP contribution < -0.4 is 5.32 Å². The Hall–Kier alpha value is -1.98. The van der Waals surface area contributed by atoms with Gasteiger partial charge in [-0.25, -0.2) is 12.8 Å². The number of allylic oxidation sites excluding steroid dienone is 1. The third kappa shape index (κ3) is 2.23. The Labute approximate surface area is 141 Å². The Balaban J connectivity index is 1.89. The van der Waals surface area contributed by atoms with Gasteiger partial charge in [-0.2, -0.15) is 0 Å². The van der Waals surface area contributed by atoms with Crippen LogP contribution in [0.25, 0.3) is 6.08 Å². The maximum Gasteiger partial charge on any atom is 0.203 e. The van der Waals surface area contributed by atoms with E-state index in [0.29, 0.717) is 4.91 Å². The largest absolute Gasteiger partial charge is 0.317 e. The van der Waals surface area contributed by atoms with Crippen LogP contribution >= 0.6 is 0 Å². The summed E-state index contributed by atoms with van der Waals surface area (Å²) in [5, 5.41) is 3.31. The Bertz CT molecular complexity index is 911. The van der Waals surface area contributed by atoms with E-state index in [1.807, 2.05) is 24.3 Å². The van der Waals surface area contributed by atoms with Crippen LogP contribution in [0, 0.1) is 5.82 Å². The molecule has 1 heterocycles. The first kappa shape index (κ1) is 15.5. The molecule has 3 nitrogen and oxygen atoms in total. The molecule has 1 fully saturated rings. The molecule has 2 aromatic carbocycles. The number of rotatable bonds is 2. The van der Waals surface area contributed by atoms with Crippen LogP contribution in [0.3, 0.4) is 0 Å². The lowest BCUT2D eigenvalue weighted by atomic mass is 9.75. The normalized spacial score (nSPS) is 19.1. The average Bonchev–Trinajstić information content (AvgIpc) is 2.91. The lowest BCUT2D eigenvalue weighted by Gasteiger charge is -2.37. The van der Waals surface area contributed by atoms with E-state index in [1.165, 1.54) is 24.3 Å². The molecule has 1 N–H and O–H groups in total. The zero-order chi connectivity index (χ0) is 16.8. The van der Waals surface area contributed by atoms with Crippen molar-refractivity contribution in [1.82, 2.24) is 5.32 Å². The third-order valence-electron chi connectivity index (χ3n) is 5.11. The molecular weight excluding hydrogens is 325 g/mol. The van der Waals surface area contributed by atoms with Crippen LogP contribution in [0.4, 0.5) is 4.39 Å². The van der Waals surface area contributed by atoms with E-state index >= 15 is 0 Å². The van der Waals surface area contributed by atoms with Crippen molar-refractivity contribution in [3.63, 3.8) is 0 Å². The van der Waals surface area contributed by atoms with Crippen molar-refractivity contribution in [2.45, 2.75) is 23.2 Å². The standard InChI is InChI=1S/C19H18FNO2S/c20-15-5-7-16(8-6-15)24(22,23)18-13-14-3-1-2-4-17(14)19(18)9-11-21-12-10-19/h1-8,13,21H,9-12H2. The van der Waals surface area contributed by atoms with Crippen LogP contribution in [0.15, 0.2) is 58.3 Å². The van der Waals surface area contributed by atoms with Crippen molar-refractivity contribution in [3.05, 3.63) is 70.4 Å². The second kappa shape index (κ2) is 5.53. The van der Waals surface area contributed by atoms with Gasteiger partial charge in [-0.1, -0.05) is 24.3 Å². The van der Waals surface area contributed by atoms with Crippen LogP contribution in [-0.4, -0.2) is 21.5 Å². The summed E-state index contributed by atoms with van der Waals surface area (Å²) in [5.41, 5.74) is 1.59. The molecule has 5 heteroatoms. The number of benzene rings is 2. The molecule has 0 radical (unpaired) electrons. The van der Waals surface area contributed by atoms with E-state index in [2.05, 4.69) is 5.32 Å². The molecule has 1 aliphatic carbocycles. The molecule has 2 aliphatic rings. The van der Waals surface area contributed by atoms with E-state index < -0.39 is 21.1 Å². The zero-order valence-corrected chi connectivity index (χ0v) is 13.9. The molecule has 4 rings (SSSR count). The summed E-state index contributed by atoms with van der Waals surface area (Å²) in [6.45, 7) is 1.56. The topological polar surface area (TPSA) is 46.2 Å². The van der Waals surface area contributed by atoms with E-state index in [4.69, 9.17) is 0 Å². The predicted molar refractivity (Wildman–Crippen MR) is 91.8 cm³/mol. The fourth-order valence-corrected chi connectivity index (χ4v) is 5.77. The molecular formula is C19H18FNO2S. The number of sulfone groups is 1. The summed E-state index contributed by atoms with van der Waals surface area (Å²) in [7, 11) is -3.66. The van der Waals surface area contributed by atoms with E-state index in [9.17, 15) is 12.8 Å². The van der Waals surface area contributed by atoms with Gasteiger partial charge >= 0.3 is 0 Å². The fraction of sp³-hybridized carbons (Fsp3) is 0.263. The second-order valence-corrected chi connectivity index (χ2v) is 8.30. The number of hydrogen-bond acceptors (Lipinski definition) is 3. The summed E-state index contributed by atoms with van der Waals surface area (Å²) in [6, 6.07) is 13.0. The fourth-order valence-electron chi connectivity index (χ4n) is 3.92. The van der Waals surface area contributed by atoms with Crippen LogP contribution in [0.2, 0.25) is 0 Å². The van der Waals surface area contributed by atoms with Crippen LogP contribution in [-0.2, 0) is 15.3 Å². The molecule has 124 valence electrons. The highest BCUT2D eigenvalue weighted by Gasteiger charge is 2.47. The molecule has 0 unspecified atom stereocenters. The van der Waals surface area contributed by atoms with Crippen molar-refractivity contribution >= 4 is 15.9 Å². The maximum absolute atomic E-state index is 13.3. The van der Waals surface area contributed by atoms with Gasteiger partial charge in [-0.05, 0) is 67.4 Å². The molecule has 1 spiro atoms.